The topological polar surface area (TPSA) is 49.8 Å². The first kappa shape index (κ1) is 14.0. The number of phenols is 1. The number of benzene rings is 1. The van der Waals surface area contributed by atoms with E-state index in [-0.39, 0.29) is 11.5 Å². The molecular weight excluding hydrogens is 242 g/mol. The number of ether oxygens (including phenoxy) is 1. The number of rotatable bonds is 5. The van der Waals surface area contributed by atoms with Gasteiger partial charge in [0.2, 0.25) is 0 Å². The summed E-state index contributed by atoms with van der Waals surface area (Å²) in [7, 11) is 0. The van der Waals surface area contributed by atoms with Gasteiger partial charge >= 0.3 is 0 Å². The first-order valence-electron chi connectivity index (χ1n) is 6.85. The fourth-order valence-electron chi connectivity index (χ4n) is 2.41. The minimum Gasteiger partial charge on any atom is -0.508 e. The lowest BCUT2D eigenvalue weighted by molar-refractivity contribution is 0.0147. The van der Waals surface area contributed by atoms with Crippen LogP contribution in [0.3, 0.4) is 0 Å². The van der Waals surface area contributed by atoms with Crippen LogP contribution in [0.25, 0.3) is 0 Å². The van der Waals surface area contributed by atoms with E-state index in [0.717, 1.165) is 32.5 Å². The summed E-state index contributed by atoms with van der Waals surface area (Å²) < 4.78 is 5.59. The van der Waals surface area contributed by atoms with Gasteiger partial charge in [0.15, 0.2) is 5.78 Å². The second-order valence-corrected chi connectivity index (χ2v) is 4.90. The molecular formula is C15H21NO3. The Bertz CT molecular complexity index is 408. The lowest BCUT2D eigenvalue weighted by Gasteiger charge is -2.31. The van der Waals surface area contributed by atoms with Crippen LogP contribution in [0.2, 0.25) is 0 Å². The summed E-state index contributed by atoms with van der Waals surface area (Å²) in [5.74, 6) is 0.295. The minimum atomic E-state index is 0.106. The molecule has 0 aliphatic carbocycles. The molecule has 1 N–H and O–H groups in total. The van der Waals surface area contributed by atoms with E-state index < -0.39 is 0 Å². The predicted molar refractivity (Wildman–Crippen MR) is 73.5 cm³/mol. The third-order valence-corrected chi connectivity index (χ3v) is 3.49. The molecule has 4 heteroatoms. The Kier molecular flexibility index (Phi) is 4.93. The van der Waals surface area contributed by atoms with Crippen LogP contribution in [0.1, 0.15) is 30.1 Å². The molecule has 1 aromatic carbocycles. The Balaban J connectivity index is 1.82. The average molecular weight is 263 g/mol. The number of likely N-dealkylation sites (tertiary alicyclic amines) is 1. The Morgan fingerprint density at radius 3 is 2.53 bits per heavy atom. The molecule has 2 rings (SSSR count). The zero-order valence-corrected chi connectivity index (χ0v) is 11.3. The standard InChI is InChI=1S/C15H21NO3/c1-2-19-14-7-9-16(10-8-14)11-15(18)12-3-5-13(17)6-4-12/h3-6,14,17H,2,7-11H2,1H3. The van der Waals surface area contributed by atoms with E-state index in [4.69, 9.17) is 4.74 Å². The highest BCUT2D eigenvalue weighted by Gasteiger charge is 2.21. The van der Waals surface area contributed by atoms with Gasteiger partial charge in [0.05, 0.1) is 12.6 Å². The highest BCUT2D eigenvalue weighted by Crippen LogP contribution is 2.15. The van der Waals surface area contributed by atoms with Crippen LogP contribution in [0.5, 0.6) is 5.75 Å². The van der Waals surface area contributed by atoms with Gasteiger partial charge in [-0.1, -0.05) is 0 Å². The summed E-state index contributed by atoms with van der Waals surface area (Å²) in [6, 6.07) is 6.44. The maximum atomic E-state index is 12.1. The monoisotopic (exact) mass is 263 g/mol. The van der Waals surface area contributed by atoms with Gasteiger partial charge in [-0.2, -0.15) is 0 Å². The van der Waals surface area contributed by atoms with Crippen molar-refractivity contribution in [3.63, 3.8) is 0 Å². The van der Waals surface area contributed by atoms with Gasteiger partial charge < -0.3 is 9.84 Å². The van der Waals surface area contributed by atoms with Gasteiger partial charge in [-0.05, 0) is 44.0 Å². The quantitative estimate of drug-likeness (QED) is 0.826. The molecule has 4 nitrogen and oxygen atoms in total. The third-order valence-electron chi connectivity index (χ3n) is 3.49. The molecule has 0 radical (unpaired) electrons. The summed E-state index contributed by atoms with van der Waals surface area (Å²) in [5, 5.41) is 9.20. The molecule has 1 heterocycles. The fraction of sp³-hybridized carbons (Fsp3) is 0.533. The number of hydrogen-bond acceptors (Lipinski definition) is 4. The van der Waals surface area contributed by atoms with Crippen LogP contribution < -0.4 is 0 Å². The Morgan fingerprint density at radius 1 is 1.32 bits per heavy atom. The average Bonchev–Trinajstić information content (AvgIpc) is 2.42. The summed E-state index contributed by atoms with van der Waals surface area (Å²) >= 11 is 0. The van der Waals surface area contributed by atoms with Crippen molar-refractivity contribution in [1.82, 2.24) is 4.90 Å². The van der Waals surface area contributed by atoms with E-state index in [0.29, 0.717) is 18.2 Å². The number of carbonyl (C=O) groups excluding carboxylic acids is 1. The Labute approximate surface area is 114 Å². The molecule has 1 aromatic rings. The van der Waals surface area contributed by atoms with Crippen molar-refractivity contribution in [1.29, 1.82) is 0 Å². The van der Waals surface area contributed by atoms with E-state index in [1.54, 1.807) is 24.3 Å². The highest BCUT2D eigenvalue weighted by molar-refractivity contribution is 5.97. The van der Waals surface area contributed by atoms with Crippen LogP contribution in [-0.2, 0) is 4.74 Å². The predicted octanol–water partition coefficient (Wildman–Crippen LogP) is 2.08. The third kappa shape index (κ3) is 4.04. The molecule has 0 saturated carbocycles. The van der Waals surface area contributed by atoms with E-state index >= 15 is 0 Å². The van der Waals surface area contributed by atoms with Gasteiger partial charge in [-0.15, -0.1) is 0 Å². The number of ketones is 1. The lowest BCUT2D eigenvalue weighted by Crippen LogP contribution is -2.39. The molecule has 1 aliphatic heterocycles. The van der Waals surface area contributed by atoms with E-state index in [9.17, 15) is 9.90 Å². The first-order valence-corrected chi connectivity index (χ1v) is 6.85. The van der Waals surface area contributed by atoms with Gasteiger partial charge in [-0.25, -0.2) is 0 Å². The number of hydrogen-bond donors (Lipinski definition) is 1. The summed E-state index contributed by atoms with van der Waals surface area (Å²) in [6.07, 6.45) is 2.35. The number of aromatic hydroxyl groups is 1. The second kappa shape index (κ2) is 6.68. The maximum absolute atomic E-state index is 12.1. The van der Waals surface area contributed by atoms with Crippen LogP contribution in [0.4, 0.5) is 0 Å². The molecule has 0 amide bonds. The van der Waals surface area contributed by atoms with Gasteiger partial charge in [0, 0.05) is 25.3 Å². The van der Waals surface area contributed by atoms with Crippen molar-refractivity contribution in [2.24, 2.45) is 0 Å². The van der Waals surface area contributed by atoms with Gasteiger partial charge in [0.1, 0.15) is 5.75 Å². The van der Waals surface area contributed by atoms with Crippen LogP contribution in [-0.4, -0.2) is 48.1 Å². The van der Waals surface area contributed by atoms with Crippen LogP contribution >= 0.6 is 0 Å². The van der Waals surface area contributed by atoms with Crippen LogP contribution in [0, 0.1) is 0 Å². The van der Waals surface area contributed by atoms with Crippen molar-refractivity contribution >= 4 is 5.78 Å². The van der Waals surface area contributed by atoms with Gasteiger partial charge in [-0.3, -0.25) is 9.69 Å². The number of phenolic OH excluding ortho intramolecular Hbond substituents is 1. The molecule has 1 aliphatic rings. The number of carbonyl (C=O) groups is 1. The summed E-state index contributed by atoms with van der Waals surface area (Å²) in [4.78, 5) is 14.2. The van der Waals surface area contributed by atoms with Crippen molar-refractivity contribution in [2.75, 3.05) is 26.2 Å². The zero-order chi connectivity index (χ0) is 13.7. The van der Waals surface area contributed by atoms with E-state index in [2.05, 4.69) is 4.90 Å². The normalized spacial score (nSPS) is 17.5. The number of piperidine rings is 1. The smallest absolute Gasteiger partial charge is 0.176 e. The minimum absolute atomic E-state index is 0.106. The van der Waals surface area contributed by atoms with Crippen LogP contribution in [0.15, 0.2) is 24.3 Å². The fourth-order valence-corrected chi connectivity index (χ4v) is 2.41. The molecule has 0 bridgehead atoms. The molecule has 0 aromatic heterocycles. The summed E-state index contributed by atoms with van der Waals surface area (Å²) in [5.41, 5.74) is 0.657. The lowest BCUT2D eigenvalue weighted by atomic mass is 10.1. The summed E-state index contributed by atoms with van der Waals surface area (Å²) in [6.45, 7) is 5.05. The molecule has 0 spiro atoms. The molecule has 19 heavy (non-hydrogen) atoms. The molecule has 104 valence electrons. The Morgan fingerprint density at radius 2 is 1.95 bits per heavy atom. The number of Topliss-reactive ketones (excluding diaryl/α,β-unsaturated/α-hetero) is 1. The van der Waals surface area contributed by atoms with E-state index in [1.807, 2.05) is 6.92 Å². The largest absolute Gasteiger partial charge is 0.508 e. The van der Waals surface area contributed by atoms with Crippen molar-refractivity contribution in [2.45, 2.75) is 25.9 Å². The first-order chi connectivity index (χ1) is 9.19. The van der Waals surface area contributed by atoms with E-state index in [1.165, 1.54) is 0 Å². The molecule has 1 saturated heterocycles. The molecule has 0 atom stereocenters. The molecule has 0 unspecified atom stereocenters. The highest BCUT2D eigenvalue weighted by atomic mass is 16.5. The van der Waals surface area contributed by atoms with Crippen molar-refractivity contribution in [3.05, 3.63) is 29.8 Å². The Hall–Kier alpha value is -1.39. The van der Waals surface area contributed by atoms with Crippen molar-refractivity contribution in [3.8, 4) is 5.75 Å². The zero-order valence-electron chi connectivity index (χ0n) is 11.3. The number of nitrogens with zero attached hydrogens (tertiary/aromatic N) is 1. The van der Waals surface area contributed by atoms with Crippen molar-refractivity contribution < 1.29 is 14.6 Å². The SMILES string of the molecule is CCOC1CCN(CC(=O)c2ccc(O)cc2)CC1. The molecule has 1 fully saturated rings. The second-order valence-electron chi connectivity index (χ2n) is 4.90. The van der Waals surface area contributed by atoms with Gasteiger partial charge in [0.25, 0.3) is 0 Å². The maximum Gasteiger partial charge on any atom is 0.176 e.